The minimum atomic E-state index is -0.0432. The van der Waals surface area contributed by atoms with E-state index in [9.17, 15) is 0 Å². The number of aromatic nitrogens is 3. The number of hydrogen-bond donors (Lipinski definition) is 1. The van der Waals surface area contributed by atoms with Crippen molar-refractivity contribution in [2.75, 3.05) is 6.61 Å². The molecule has 0 amide bonds. The predicted octanol–water partition coefficient (Wildman–Crippen LogP) is 0.256. The number of nitrogens with zero attached hydrogens (tertiary/aromatic N) is 3. The Morgan fingerprint density at radius 1 is 1.69 bits per heavy atom. The summed E-state index contributed by atoms with van der Waals surface area (Å²) in [5.74, 6) is 0. The quantitative estimate of drug-likeness (QED) is 0.714. The zero-order valence-corrected chi connectivity index (χ0v) is 7.55. The zero-order valence-electron chi connectivity index (χ0n) is 7.55. The zero-order chi connectivity index (χ0) is 9.26. The molecule has 1 aliphatic heterocycles. The van der Waals surface area contributed by atoms with Crippen molar-refractivity contribution < 1.29 is 9.84 Å². The molecule has 1 fully saturated rings. The van der Waals surface area contributed by atoms with Gasteiger partial charge in [0.2, 0.25) is 0 Å². The number of ether oxygens (including phenoxy) is 1. The lowest BCUT2D eigenvalue weighted by atomic mass is 10.2. The highest BCUT2D eigenvalue weighted by Gasteiger charge is 2.26. The van der Waals surface area contributed by atoms with Crippen molar-refractivity contribution in [1.82, 2.24) is 15.0 Å². The molecular formula is C8H13N3O2. The number of aliphatic hydroxyl groups is 1. The van der Waals surface area contributed by atoms with Gasteiger partial charge in [-0.1, -0.05) is 5.21 Å². The molecule has 0 saturated carbocycles. The maximum Gasteiger partial charge on any atom is 0.152 e. The maximum atomic E-state index is 8.87. The molecule has 0 spiro atoms. The summed E-state index contributed by atoms with van der Waals surface area (Å²) < 4.78 is 7.23. The first-order chi connectivity index (χ1) is 6.29. The number of aliphatic hydroxyl groups excluding tert-OH is 1. The third-order valence-electron chi connectivity index (χ3n) is 2.21. The van der Waals surface area contributed by atoms with Crippen LogP contribution in [0.4, 0.5) is 0 Å². The Bertz CT molecular complexity index is 287. The van der Waals surface area contributed by atoms with Gasteiger partial charge in [-0.2, -0.15) is 0 Å². The predicted molar refractivity (Wildman–Crippen MR) is 45.0 cm³/mol. The van der Waals surface area contributed by atoms with Gasteiger partial charge in [-0.25, -0.2) is 4.68 Å². The van der Waals surface area contributed by atoms with Crippen molar-refractivity contribution in [2.45, 2.75) is 32.1 Å². The first kappa shape index (κ1) is 8.65. The largest absolute Gasteiger partial charge is 0.394 e. The Morgan fingerprint density at radius 2 is 2.54 bits per heavy atom. The van der Waals surface area contributed by atoms with E-state index in [4.69, 9.17) is 9.84 Å². The lowest BCUT2D eigenvalue weighted by Crippen LogP contribution is -2.14. The number of rotatable bonds is 2. The molecule has 0 radical (unpaired) electrons. The highest BCUT2D eigenvalue weighted by molar-refractivity contribution is 4.88. The van der Waals surface area contributed by atoms with E-state index in [0.29, 0.717) is 0 Å². The first-order valence-corrected chi connectivity index (χ1v) is 4.44. The van der Waals surface area contributed by atoms with Gasteiger partial charge in [-0.3, -0.25) is 0 Å². The summed E-state index contributed by atoms with van der Waals surface area (Å²) in [5.41, 5.74) is 0.885. The molecule has 2 atom stereocenters. The molecule has 13 heavy (non-hydrogen) atoms. The van der Waals surface area contributed by atoms with Crippen molar-refractivity contribution >= 4 is 0 Å². The molecule has 2 heterocycles. The van der Waals surface area contributed by atoms with Crippen molar-refractivity contribution in [2.24, 2.45) is 0 Å². The second-order valence-electron chi connectivity index (χ2n) is 3.31. The van der Waals surface area contributed by atoms with E-state index in [1.807, 2.05) is 13.1 Å². The van der Waals surface area contributed by atoms with Gasteiger partial charge in [0.15, 0.2) is 6.23 Å². The Morgan fingerprint density at radius 3 is 3.08 bits per heavy atom. The molecule has 1 aliphatic rings. The number of aryl methyl sites for hydroxylation is 1. The summed E-state index contributed by atoms with van der Waals surface area (Å²) in [6, 6.07) is 0. The van der Waals surface area contributed by atoms with E-state index in [0.717, 1.165) is 18.5 Å². The van der Waals surface area contributed by atoms with E-state index in [1.54, 1.807) is 4.68 Å². The standard InChI is InChI=1S/C8H13N3O2/c1-6-4-11(10-9-6)8-3-2-7(5-12)13-8/h4,7-8,12H,2-3,5H2,1H3/t7-,8-/m0/s1. The van der Waals surface area contributed by atoms with Gasteiger partial charge in [-0.05, 0) is 19.8 Å². The molecule has 5 nitrogen and oxygen atoms in total. The van der Waals surface area contributed by atoms with E-state index in [-0.39, 0.29) is 18.9 Å². The van der Waals surface area contributed by atoms with Crippen LogP contribution in [0.3, 0.4) is 0 Å². The van der Waals surface area contributed by atoms with E-state index in [2.05, 4.69) is 10.3 Å². The van der Waals surface area contributed by atoms with Crippen LogP contribution in [-0.2, 0) is 4.74 Å². The third-order valence-corrected chi connectivity index (χ3v) is 2.21. The van der Waals surface area contributed by atoms with Crippen LogP contribution in [0.15, 0.2) is 6.20 Å². The van der Waals surface area contributed by atoms with Crippen LogP contribution >= 0.6 is 0 Å². The Kier molecular flexibility index (Phi) is 2.28. The summed E-state index contributed by atoms with van der Waals surface area (Å²) in [5, 5.41) is 16.7. The lowest BCUT2D eigenvalue weighted by Gasteiger charge is -2.10. The van der Waals surface area contributed by atoms with Crippen LogP contribution < -0.4 is 0 Å². The van der Waals surface area contributed by atoms with Crippen molar-refractivity contribution in [3.63, 3.8) is 0 Å². The van der Waals surface area contributed by atoms with Crippen molar-refractivity contribution in [3.05, 3.63) is 11.9 Å². The first-order valence-electron chi connectivity index (χ1n) is 4.44. The van der Waals surface area contributed by atoms with Gasteiger partial charge in [0.25, 0.3) is 0 Å². The van der Waals surface area contributed by atoms with Gasteiger partial charge in [0.1, 0.15) is 0 Å². The highest BCUT2D eigenvalue weighted by Crippen LogP contribution is 2.26. The summed E-state index contributed by atoms with van der Waals surface area (Å²) >= 11 is 0. The Labute approximate surface area is 76.3 Å². The van der Waals surface area contributed by atoms with Gasteiger partial charge < -0.3 is 9.84 Å². The fraction of sp³-hybridized carbons (Fsp3) is 0.750. The molecular weight excluding hydrogens is 170 g/mol. The molecule has 0 aromatic carbocycles. The van der Waals surface area contributed by atoms with Gasteiger partial charge in [-0.15, -0.1) is 5.10 Å². The lowest BCUT2D eigenvalue weighted by molar-refractivity contribution is -0.0289. The fourth-order valence-corrected chi connectivity index (χ4v) is 1.52. The minimum Gasteiger partial charge on any atom is -0.394 e. The molecule has 5 heteroatoms. The average Bonchev–Trinajstić information content (AvgIpc) is 2.71. The van der Waals surface area contributed by atoms with Crippen molar-refractivity contribution in [1.29, 1.82) is 0 Å². The maximum absolute atomic E-state index is 8.87. The minimum absolute atomic E-state index is 0.0329. The van der Waals surface area contributed by atoms with Crippen LogP contribution in [0.25, 0.3) is 0 Å². The monoisotopic (exact) mass is 183 g/mol. The van der Waals surface area contributed by atoms with E-state index in [1.165, 1.54) is 0 Å². The summed E-state index contributed by atoms with van der Waals surface area (Å²) in [6.45, 7) is 1.98. The second-order valence-corrected chi connectivity index (χ2v) is 3.31. The summed E-state index contributed by atoms with van der Waals surface area (Å²) in [6.07, 6.45) is 3.56. The van der Waals surface area contributed by atoms with Gasteiger partial charge in [0, 0.05) is 0 Å². The molecule has 72 valence electrons. The summed E-state index contributed by atoms with van der Waals surface area (Å²) in [7, 11) is 0. The Balaban J connectivity index is 2.03. The van der Waals surface area contributed by atoms with Gasteiger partial charge in [0.05, 0.1) is 24.6 Å². The second kappa shape index (κ2) is 3.43. The molecule has 0 unspecified atom stereocenters. The molecule has 1 aromatic heterocycles. The average molecular weight is 183 g/mol. The Hall–Kier alpha value is -0.940. The molecule has 1 saturated heterocycles. The molecule has 0 aliphatic carbocycles. The highest BCUT2D eigenvalue weighted by atomic mass is 16.5. The molecule has 1 N–H and O–H groups in total. The van der Waals surface area contributed by atoms with E-state index >= 15 is 0 Å². The third kappa shape index (κ3) is 1.71. The van der Waals surface area contributed by atoms with Crippen LogP contribution in [0.2, 0.25) is 0 Å². The normalized spacial score (nSPS) is 28.2. The van der Waals surface area contributed by atoms with Crippen molar-refractivity contribution in [3.8, 4) is 0 Å². The smallest absolute Gasteiger partial charge is 0.152 e. The van der Waals surface area contributed by atoms with Crippen LogP contribution in [0, 0.1) is 6.92 Å². The van der Waals surface area contributed by atoms with Crippen LogP contribution in [0.5, 0.6) is 0 Å². The molecule has 0 bridgehead atoms. The SMILES string of the molecule is Cc1cn([C@@H]2CC[C@@H](CO)O2)nn1. The van der Waals surface area contributed by atoms with E-state index < -0.39 is 0 Å². The van der Waals surface area contributed by atoms with Gasteiger partial charge >= 0.3 is 0 Å². The topological polar surface area (TPSA) is 60.2 Å². The fourth-order valence-electron chi connectivity index (χ4n) is 1.52. The number of hydrogen-bond acceptors (Lipinski definition) is 4. The molecule has 2 rings (SSSR count). The van der Waals surface area contributed by atoms with Crippen LogP contribution in [0.1, 0.15) is 24.8 Å². The molecule has 1 aromatic rings. The summed E-state index contributed by atoms with van der Waals surface area (Å²) in [4.78, 5) is 0. The van der Waals surface area contributed by atoms with Crippen LogP contribution in [-0.4, -0.2) is 32.8 Å².